The number of nitrogens with zero attached hydrogens (tertiary/aromatic N) is 2. The minimum atomic E-state index is -0.389. The quantitative estimate of drug-likeness (QED) is 0.919. The minimum Gasteiger partial charge on any atom is -0.393 e. The Labute approximate surface area is 112 Å². The van der Waals surface area contributed by atoms with E-state index < -0.39 is 0 Å². The lowest BCUT2D eigenvalue weighted by atomic mass is 9.97. The molecule has 0 radical (unpaired) electrons. The van der Waals surface area contributed by atoms with Gasteiger partial charge in [-0.25, -0.2) is 9.37 Å². The maximum atomic E-state index is 13.9. The number of aromatic nitrogens is 1. The van der Waals surface area contributed by atoms with Crippen molar-refractivity contribution in [3.05, 3.63) is 23.1 Å². The van der Waals surface area contributed by atoms with Crippen LogP contribution in [0, 0.1) is 5.82 Å². The number of hydrogen-bond donors (Lipinski definition) is 1. The first-order valence-corrected chi connectivity index (χ1v) is 6.71. The van der Waals surface area contributed by atoms with Crippen LogP contribution in [-0.4, -0.2) is 28.8 Å². The van der Waals surface area contributed by atoms with E-state index in [9.17, 15) is 9.50 Å². The molecular weight excluding hydrogens is 255 g/mol. The number of piperidine rings is 1. The van der Waals surface area contributed by atoms with Crippen molar-refractivity contribution in [1.82, 2.24) is 4.98 Å². The maximum absolute atomic E-state index is 13.9. The molecule has 0 aromatic carbocycles. The zero-order valence-corrected chi connectivity index (χ0v) is 11.2. The van der Waals surface area contributed by atoms with Crippen LogP contribution in [0.25, 0.3) is 0 Å². The van der Waals surface area contributed by atoms with Gasteiger partial charge in [0.15, 0.2) is 11.6 Å². The lowest BCUT2D eigenvalue weighted by Gasteiger charge is -2.37. The monoisotopic (exact) mass is 272 g/mol. The summed E-state index contributed by atoms with van der Waals surface area (Å²) in [5.74, 6) is -0.0373. The van der Waals surface area contributed by atoms with Gasteiger partial charge in [-0.1, -0.05) is 11.6 Å². The third-order valence-electron chi connectivity index (χ3n) is 3.30. The zero-order chi connectivity index (χ0) is 13.1. The van der Waals surface area contributed by atoms with Gasteiger partial charge in [0.25, 0.3) is 0 Å². The summed E-state index contributed by atoms with van der Waals surface area (Å²) in [6, 6.07) is 1.44. The largest absolute Gasteiger partial charge is 0.393 e. The molecule has 1 aromatic rings. The third-order valence-corrected chi connectivity index (χ3v) is 3.51. The van der Waals surface area contributed by atoms with Crippen molar-refractivity contribution in [2.75, 3.05) is 11.4 Å². The highest BCUT2D eigenvalue weighted by Crippen LogP contribution is 2.28. The molecule has 18 heavy (non-hydrogen) atoms. The van der Waals surface area contributed by atoms with Crippen molar-refractivity contribution >= 4 is 17.4 Å². The molecule has 1 aromatic heterocycles. The average molecular weight is 273 g/mol. The fraction of sp³-hybridized carbons (Fsp3) is 0.615. The van der Waals surface area contributed by atoms with Crippen molar-refractivity contribution in [1.29, 1.82) is 0 Å². The molecule has 0 aliphatic carbocycles. The molecule has 2 atom stereocenters. The molecule has 1 aliphatic rings. The third kappa shape index (κ3) is 3.12. The highest BCUT2D eigenvalue weighted by molar-refractivity contribution is 6.30. The van der Waals surface area contributed by atoms with E-state index >= 15 is 0 Å². The van der Waals surface area contributed by atoms with Gasteiger partial charge in [-0.05, 0) is 38.7 Å². The molecule has 1 N–H and O–H groups in total. The lowest BCUT2D eigenvalue weighted by Crippen LogP contribution is -2.42. The van der Waals surface area contributed by atoms with Gasteiger partial charge in [-0.15, -0.1) is 0 Å². The van der Waals surface area contributed by atoms with E-state index in [4.69, 9.17) is 11.6 Å². The Morgan fingerprint density at radius 1 is 1.61 bits per heavy atom. The summed E-state index contributed by atoms with van der Waals surface area (Å²) in [5.41, 5.74) is 0. The van der Waals surface area contributed by atoms with E-state index in [1.54, 1.807) is 6.92 Å². The summed E-state index contributed by atoms with van der Waals surface area (Å²) < 4.78 is 13.9. The molecule has 0 saturated carbocycles. The molecule has 3 nitrogen and oxygen atoms in total. The van der Waals surface area contributed by atoms with Crippen molar-refractivity contribution < 1.29 is 9.50 Å². The van der Waals surface area contributed by atoms with Gasteiger partial charge in [0.1, 0.15) is 0 Å². The molecule has 2 heterocycles. The second-order valence-corrected chi connectivity index (χ2v) is 5.32. The Morgan fingerprint density at radius 3 is 3.06 bits per heavy atom. The fourth-order valence-corrected chi connectivity index (χ4v) is 2.68. The van der Waals surface area contributed by atoms with Gasteiger partial charge in [0.2, 0.25) is 0 Å². The van der Waals surface area contributed by atoms with Crippen LogP contribution in [0.2, 0.25) is 5.02 Å². The highest BCUT2D eigenvalue weighted by atomic mass is 35.5. The molecular formula is C13H18ClFN2O. The lowest BCUT2D eigenvalue weighted by molar-refractivity contribution is 0.167. The number of aliphatic hydroxyl groups is 1. The van der Waals surface area contributed by atoms with Crippen LogP contribution < -0.4 is 4.90 Å². The van der Waals surface area contributed by atoms with Crippen molar-refractivity contribution in [2.24, 2.45) is 0 Å². The topological polar surface area (TPSA) is 36.4 Å². The molecule has 0 spiro atoms. The zero-order valence-electron chi connectivity index (χ0n) is 10.4. The number of hydrogen-bond acceptors (Lipinski definition) is 3. The average Bonchev–Trinajstić information content (AvgIpc) is 2.30. The minimum absolute atomic E-state index is 0.155. The molecule has 1 aliphatic heterocycles. The first-order valence-electron chi connectivity index (χ1n) is 6.33. The second kappa shape index (κ2) is 5.85. The van der Waals surface area contributed by atoms with Crippen LogP contribution in [0.4, 0.5) is 10.2 Å². The number of halogens is 2. The first kappa shape index (κ1) is 13.6. The SMILES string of the molecule is CC(O)CC1CCCCN1c1ncc(Cl)cc1F. The van der Waals surface area contributed by atoms with Gasteiger partial charge in [-0.3, -0.25) is 0 Å². The smallest absolute Gasteiger partial charge is 0.167 e. The summed E-state index contributed by atoms with van der Waals surface area (Å²) in [5, 5.41) is 9.83. The Balaban J connectivity index is 2.22. The summed E-state index contributed by atoms with van der Waals surface area (Å²) in [6.07, 6.45) is 4.83. The predicted octanol–water partition coefficient (Wildman–Crippen LogP) is 3.00. The normalized spacial score (nSPS) is 22.0. The molecule has 2 rings (SSSR count). The van der Waals surface area contributed by atoms with Gasteiger partial charge >= 0.3 is 0 Å². The van der Waals surface area contributed by atoms with E-state index in [1.807, 2.05) is 4.90 Å². The van der Waals surface area contributed by atoms with E-state index in [2.05, 4.69) is 4.98 Å². The highest BCUT2D eigenvalue weighted by Gasteiger charge is 2.26. The molecule has 1 fully saturated rings. The van der Waals surface area contributed by atoms with Crippen LogP contribution >= 0.6 is 11.6 Å². The van der Waals surface area contributed by atoms with Crippen LogP contribution in [0.3, 0.4) is 0 Å². The van der Waals surface area contributed by atoms with Crippen molar-refractivity contribution in [2.45, 2.75) is 44.8 Å². The van der Waals surface area contributed by atoms with E-state index in [-0.39, 0.29) is 18.0 Å². The fourth-order valence-electron chi connectivity index (χ4n) is 2.54. The second-order valence-electron chi connectivity index (χ2n) is 4.89. The van der Waals surface area contributed by atoms with E-state index in [0.717, 1.165) is 25.8 Å². The molecule has 2 unspecified atom stereocenters. The van der Waals surface area contributed by atoms with Crippen molar-refractivity contribution in [3.8, 4) is 0 Å². The Bertz CT molecular complexity index is 414. The van der Waals surface area contributed by atoms with Crippen molar-refractivity contribution in [3.63, 3.8) is 0 Å². The van der Waals surface area contributed by atoms with Crippen LogP contribution in [0.5, 0.6) is 0 Å². The first-order chi connectivity index (χ1) is 8.58. The summed E-state index contributed by atoms with van der Waals surface area (Å²) in [7, 11) is 0. The van der Waals surface area contributed by atoms with Crippen LogP contribution in [-0.2, 0) is 0 Å². The Morgan fingerprint density at radius 2 is 2.39 bits per heavy atom. The summed E-state index contributed by atoms with van der Waals surface area (Å²) >= 11 is 5.72. The number of anilines is 1. The van der Waals surface area contributed by atoms with Crippen LogP contribution in [0.1, 0.15) is 32.6 Å². The maximum Gasteiger partial charge on any atom is 0.167 e. The molecule has 0 bridgehead atoms. The molecule has 100 valence electrons. The Kier molecular flexibility index (Phi) is 4.40. The number of rotatable bonds is 3. The van der Waals surface area contributed by atoms with Gasteiger partial charge in [0, 0.05) is 18.8 Å². The summed E-state index contributed by atoms with van der Waals surface area (Å²) in [6.45, 7) is 2.54. The number of pyridine rings is 1. The van der Waals surface area contributed by atoms with Gasteiger partial charge < -0.3 is 10.0 Å². The Hall–Kier alpha value is -0.870. The standard InChI is InChI=1S/C13H18ClFN2O/c1-9(18)6-11-4-2-3-5-17(11)13-12(15)7-10(14)8-16-13/h7-9,11,18H,2-6H2,1H3. The summed E-state index contributed by atoms with van der Waals surface area (Å²) in [4.78, 5) is 6.06. The molecule has 0 amide bonds. The van der Waals surface area contributed by atoms with E-state index in [0.29, 0.717) is 17.3 Å². The number of aliphatic hydroxyl groups excluding tert-OH is 1. The van der Waals surface area contributed by atoms with E-state index in [1.165, 1.54) is 12.3 Å². The predicted molar refractivity (Wildman–Crippen MR) is 70.5 cm³/mol. The van der Waals surface area contributed by atoms with Gasteiger partial charge in [0.05, 0.1) is 11.1 Å². The molecule has 5 heteroatoms. The molecule has 1 saturated heterocycles. The van der Waals surface area contributed by atoms with Crippen LogP contribution in [0.15, 0.2) is 12.3 Å². The van der Waals surface area contributed by atoms with Gasteiger partial charge in [-0.2, -0.15) is 0 Å².